The number of benzene rings is 1. The Morgan fingerprint density at radius 2 is 2.05 bits per heavy atom. The summed E-state index contributed by atoms with van der Waals surface area (Å²) in [6.07, 6.45) is 5.74. The van der Waals surface area contributed by atoms with Crippen LogP contribution in [0.25, 0.3) is 5.57 Å². The molecule has 0 radical (unpaired) electrons. The first-order valence-electron chi connectivity index (χ1n) is 6.79. The number of nitrogens with one attached hydrogen (secondary N) is 1. The van der Waals surface area contributed by atoms with Crippen molar-refractivity contribution in [3.63, 3.8) is 0 Å². The molecule has 0 saturated carbocycles. The van der Waals surface area contributed by atoms with Crippen molar-refractivity contribution in [1.82, 2.24) is 10.3 Å². The van der Waals surface area contributed by atoms with E-state index in [9.17, 15) is 9.90 Å². The summed E-state index contributed by atoms with van der Waals surface area (Å²) in [7, 11) is 0. The molecule has 0 unspecified atom stereocenters. The normalized spacial score (nSPS) is 11.2. The van der Waals surface area contributed by atoms with Crippen LogP contribution in [0.4, 0.5) is 0 Å². The number of nitrogens with zero attached hydrogens (tertiary/aromatic N) is 1. The monoisotopic (exact) mass is 282 g/mol. The van der Waals surface area contributed by atoms with Crippen LogP contribution in [0, 0.1) is 0 Å². The maximum Gasteiger partial charge on any atom is 0.244 e. The minimum atomic E-state index is -0.116. The van der Waals surface area contributed by atoms with Crippen molar-refractivity contribution in [1.29, 1.82) is 0 Å². The summed E-state index contributed by atoms with van der Waals surface area (Å²) in [5, 5.41) is 12.0. The first-order chi connectivity index (χ1) is 10.1. The minimum absolute atomic E-state index is 0.116. The predicted molar refractivity (Wildman–Crippen MR) is 82.7 cm³/mol. The molecule has 0 aliphatic rings. The van der Waals surface area contributed by atoms with Gasteiger partial charge in [-0.1, -0.05) is 18.2 Å². The molecule has 108 valence electrons. The molecule has 0 bridgehead atoms. The summed E-state index contributed by atoms with van der Waals surface area (Å²) in [4.78, 5) is 15.9. The summed E-state index contributed by atoms with van der Waals surface area (Å²) in [6.45, 7) is 2.44. The van der Waals surface area contributed by atoms with Crippen molar-refractivity contribution in [2.45, 2.75) is 13.3 Å². The van der Waals surface area contributed by atoms with E-state index in [0.717, 1.165) is 23.1 Å². The van der Waals surface area contributed by atoms with Gasteiger partial charge in [0.2, 0.25) is 5.91 Å². The van der Waals surface area contributed by atoms with Gasteiger partial charge in [-0.15, -0.1) is 0 Å². The Kier molecular flexibility index (Phi) is 5.10. The van der Waals surface area contributed by atoms with E-state index in [-0.39, 0.29) is 11.7 Å². The summed E-state index contributed by atoms with van der Waals surface area (Å²) < 4.78 is 0. The molecule has 0 spiro atoms. The van der Waals surface area contributed by atoms with Gasteiger partial charge in [-0.2, -0.15) is 0 Å². The van der Waals surface area contributed by atoms with E-state index in [1.54, 1.807) is 30.6 Å². The SMILES string of the molecule is C/C(=C\C(=O)NCCc1ccc(O)cc1)c1cccnc1. The highest BCUT2D eigenvalue weighted by Crippen LogP contribution is 2.11. The minimum Gasteiger partial charge on any atom is -0.508 e. The molecule has 4 nitrogen and oxygen atoms in total. The van der Waals surface area contributed by atoms with Crippen LogP contribution in [-0.4, -0.2) is 22.5 Å². The van der Waals surface area contributed by atoms with Crippen LogP contribution < -0.4 is 5.32 Å². The summed E-state index contributed by atoms with van der Waals surface area (Å²) >= 11 is 0. The Morgan fingerprint density at radius 3 is 2.71 bits per heavy atom. The van der Waals surface area contributed by atoms with Crippen LogP contribution in [0.3, 0.4) is 0 Å². The lowest BCUT2D eigenvalue weighted by molar-refractivity contribution is -0.116. The molecule has 0 atom stereocenters. The Hall–Kier alpha value is -2.62. The lowest BCUT2D eigenvalue weighted by Gasteiger charge is -2.04. The smallest absolute Gasteiger partial charge is 0.244 e. The van der Waals surface area contributed by atoms with E-state index in [2.05, 4.69) is 10.3 Å². The summed E-state index contributed by atoms with van der Waals surface area (Å²) in [6, 6.07) is 10.7. The van der Waals surface area contributed by atoms with Gasteiger partial charge in [-0.3, -0.25) is 9.78 Å². The van der Waals surface area contributed by atoms with Crippen LogP contribution in [-0.2, 0) is 11.2 Å². The van der Waals surface area contributed by atoms with Gasteiger partial charge in [-0.05, 0) is 48.2 Å². The zero-order chi connectivity index (χ0) is 15.1. The highest BCUT2D eigenvalue weighted by Gasteiger charge is 2.01. The Balaban J connectivity index is 1.83. The third-order valence-electron chi connectivity index (χ3n) is 3.11. The maximum atomic E-state index is 11.8. The van der Waals surface area contributed by atoms with Gasteiger partial charge in [0.15, 0.2) is 0 Å². The summed E-state index contributed by atoms with van der Waals surface area (Å²) in [5.41, 5.74) is 2.89. The number of hydrogen-bond donors (Lipinski definition) is 2. The first kappa shape index (κ1) is 14.8. The number of phenolic OH excluding ortho intramolecular Hbond substituents is 1. The van der Waals surface area contributed by atoms with Crippen molar-refractivity contribution in [3.05, 3.63) is 66.0 Å². The Labute approximate surface area is 124 Å². The van der Waals surface area contributed by atoms with Crippen molar-refractivity contribution in [2.24, 2.45) is 0 Å². The molecule has 2 N–H and O–H groups in total. The van der Waals surface area contributed by atoms with Crippen LogP contribution in [0.2, 0.25) is 0 Å². The van der Waals surface area contributed by atoms with Gasteiger partial charge >= 0.3 is 0 Å². The van der Waals surface area contributed by atoms with Crippen molar-refractivity contribution in [2.75, 3.05) is 6.54 Å². The van der Waals surface area contributed by atoms with Gasteiger partial charge in [0.05, 0.1) is 0 Å². The number of pyridine rings is 1. The van der Waals surface area contributed by atoms with Crippen molar-refractivity contribution < 1.29 is 9.90 Å². The summed E-state index contributed by atoms with van der Waals surface area (Å²) in [5.74, 6) is 0.132. The predicted octanol–water partition coefficient (Wildman–Crippen LogP) is 2.55. The molecule has 0 aliphatic heterocycles. The van der Waals surface area contributed by atoms with Gasteiger partial charge in [0, 0.05) is 25.0 Å². The number of allylic oxidation sites excluding steroid dienone is 1. The van der Waals surface area contributed by atoms with Crippen LogP contribution in [0.1, 0.15) is 18.1 Å². The second-order valence-corrected chi connectivity index (χ2v) is 4.78. The number of phenols is 1. The molecule has 1 heterocycles. The number of carbonyl (C=O) groups is 1. The highest BCUT2D eigenvalue weighted by atomic mass is 16.3. The molecule has 1 amide bonds. The van der Waals surface area contributed by atoms with E-state index >= 15 is 0 Å². The van der Waals surface area contributed by atoms with Gasteiger partial charge in [0.1, 0.15) is 5.75 Å². The van der Waals surface area contributed by atoms with Crippen molar-refractivity contribution >= 4 is 11.5 Å². The maximum absolute atomic E-state index is 11.8. The number of rotatable bonds is 5. The zero-order valence-corrected chi connectivity index (χ0v) is 11.9. The van der Waals surface area contributed by atoms with E-state index < -0.39 is 0 Å². The molecule has 1 aromatic heterocycles. The van der Waals surface area contributed by atoms with Crippen LogP contribution >= 0.6 is 0 Å². The Morgan fingerprint density at radius 1 is 1.29 bits per heavy atom. The quantitative estimate of drug-likeness (QED) is 0.828. The lowest BCUT2D eigenvalue weighted by Crippen LogP contribution is -2.23. The van der Waals surface area contributed by atoms with E-state index in [1.165, 1.54) is 0 Å². The molecular formula is C17H18N2O2. The average Bonchev–Trinajstić information content (AvgIpc) is 2.50. The molecule has 2 rings (SSSR count). The number of amides is 1. The second-order valence-electron chi connectivity index (χ2n) is 4.78. The topological polar surface area (TPSA) is 62.2 Å². The number of aromatic nitrogens is 1. The largest absolute Gasteiger partial charge is 0.508 e. The van der Waals surface area contributed by atoms with Crippen LogP contribution in [0.5, 0.6) is 5.75 Å². The molecule has 1 aromatic carbocycles. The fourth-order valence-corrected chi connectivity index (χ4v) is 1.92. The highest BCUT2D eigenvalue weighted by molar-refractivity contribution is 5.94. The number of aromatic hydroxyl groups is 1. The molecule has 0 fully saturated rings. The van der Waals surface area contributed by atoms with Gasteiger partial charge in [-0.25, -0.2) is 0 Å². The third kappa shape index (κ3) is 4.76. The molecule has 21 heavy (non-hydrogen) atoms. The third-order valence-corrected chi connectivity index (χ3v) is 3.11. The fraction of sp³-hybridized carbons (Fsp3) is 0.176. The number of hydrogen-bond acceptors (Lipinski definition) is 3. The molecule has 0 saturated heterocycles. The van der Waals surface area contributed by atoms with E-state index in [4.69, 9.17) is 0 Å². The second kappa shape index (κ2) is 7.24. The van der Waals surface area contributed by atoms with E-state index in [0.29, 0.717) is 6.54 Å². The zero-order valence-electron chi connectivity index (χ0n) is 11.9. The average molecular weight is 282 g/mol. The van der Waals surface area contributed by atoms with Gasteiger partial charge in [0.25, 0.3) is 0 Å². The first-order valence-corrected chi connectivity index (χ1v) is 6.79. The molecule has 2 aromatic rings. The van der Waals surface area contributed by atoms with E-state index in [1.807, 2.05) is 31.2 Å². The standard InChI is InChI=1S/C17H18N2O2/c1-13(15-3-2-9-18-12-15)11-17(21)19-10-8-14-4-6-16(20)7-5-14/h2-7,9,11-12,20H,8,10H2,1H3,(H,19,21)/b13-11+. The molecule has 4 heteroatoms. The Bertz CT molecular complexity index is 619. The van der Waals surface area contributed by atoms with Gasteiger partial charge < -0.3 is 10.4 Å². The van der Waals surface area contributed by atoms with Crippen LogP contribution in [0.15, 0.2) is 54.9 Å². The number of carbonyl (C=O) groups excluding carboxylic acids is 1. The fourth-order valence-electron chi connectivity index (χ4n) is 1.92. The molecular weight excluding hydrogens is 264 g/mol. The lowest BCUT2D eigenvalue weighted by atomic mass is 10.1. The van der Waals surface area contributed by atoms with Crippen molar-refractivity contribution in [3.8, 4) is 5.75 Å². The molecule has 0 aliphatic carbocycles.